The number of hydrogen-bond donors (Lipinski definition) is 2. The SMILES string of the molecule is COc1ccc(C(OC[C@@]23CO[C@@H]([C@H](n4cc(C)c(=O)[nH]c4=O)O2)[C@@H]3OOP(=O)(O)Oc2ccccc2Cl)(c2ccccc2)c2ccc(OC)cc2)cc1. The summed E-state index contributed by atoms with van der Waals surface area (Å²) in [6.45, 7) is 1.11. The van der Waals surface area contributed by atoms with E-state index in [0.29, 0.717) is 11.5 Å². The smallest absolute Gasteiger partial charge is 0.497 e. The van der Waals surface area contributed by atoms with Gasteiger partial charge in [-0.15, -0.1) is 4.67 Å². The highest BCUT2D eigenvalue weighted by Gasteiger charge is 2.65. The number of nitrogens with one attached hydrogen (secondary N) is 1. The third-order valence-electron chi connectivity index (χ3n) is 9.39. The van der Waals surface area contributed by atoms with Gasteiger partial charge in [-0.2, -0.15) is 0 Å². The van der Waals surface area contributed by atoms with Gasteiger partial charge in [0.15, 0.2) is 12.3 Å². The number of rotatable bonds is 14. The van der Waals surface area contributed by atoms with Crippen LogP contribution in [0.25, 0.3) is 0 Å². The number of H-pyrrole nitrogens is 1. The Bertz CT molecular complexity index is 2220. The summed E-state index contributed by atoms with van der Waals surface area (Å²) in [7, 11) is -1.82. The lowest BCUT2D eigenvalue weighted by atomic mass is 9.79. The van der Waals surface area contributed by atoms with Gasteiger partial charge < -0.3 is 28.2 Å². The van der Waals surface area contributed by atoms with Gasteiger partial charge in [-0.05, 0) is 60.0 Å². The monoisotopic (exact) mass is 778 g/mol. The molecule has 54 heavy (non-hydrogen) atoms. The molecule has 5 aromatic rings. The first-order chi connectivity index (χ1) is 26.0. The second kappa shape index (κ2) is 15.2. The first-order valence-electron chi connectivity index (χ1n) is 16.7. The molecule has 16 heteroatoms. The lowest BCUT2D eigenvalue weighted by molar-refractivity contribution is -0.284. The number of halogens is 1. The van der Waals surface area contributed by atoms with E-state index in [-0.39, 0.29) is 29.5 Å². The molecule has 14 nitrogen and oxygen atoms in total. The molecule has 0 saturated carbocycles. The maximum atomic E-state index is 13.2. The third kappa shape index (κ3) is 7.10. The number of fused-ring (bicyclic) bond motifs is 2. The molecular formula is C38H36ClN2O12P. The first-order valence-corrected chi connectivity index (χ1v) is 18.6. The van der Waals surface area contributed by atoms with Gasteiger partial charge in [0, 0.05) is 11.8 Å². The molecule has 0 aliphatic carbocycles. The Kier molecular flexibility index (Phi) is 10.5. The number of benzene rings is 4. The zero-order valence-electron chi connectivity index (χ0n) is 29.2. The van der Waals surface area contributed by atoms with Crippen LogP contribution in [0.15, 0.2) is 119 Å². The number of phosphoric acid groups is 1. The van der Waals surface area contributed by atoms with Gasteiger partial charge >= 0.3 is 13.5 Å². The minimum Gasteiger partial charge on any atom is -0.497 e. The molecule has 282 valence electrons. The highest BCUT2D eigenvalue weighted by molar-refractivity contribution is 7.47. The molecule has 1 unspecified atom stereocenters. The van der Waals surface area contributed by atoms with Crippen LogP contribution >= 0.6 is 19.4 Å². The summed E-state index contributed by atoms with van der Waals surface area (Å²) in [5.41, 5.74) is -1.81. The molecular weight excluding hydrogens is 743 g/mol. The summed E-state index contributed by atoms with van der Waals surface area (Å²) in [6, 6.07) is 30.4. The van der Waals surface area contributed by atoms with Gasteiger partial charge in [-0.3, -0.25) is 19.2 Å². The predicted octanol–water partition coefficient (Wildman–Crippen LogP) is 5.69. The predicted molar refractivity (Wildman–Crippen MR) is 195 cm³/mol. The fourth-order valence-corrected chi connectivity index (χ4v) is 7.57. The summed E-state index contributed by atoms with van der Waals surface area (Å²) in [5, 5.41) is 0.0649. The van der Waals surface area contributed by atoms with Crippen molar-refractivity contribution in [3.8, 4) is 17.2 Å². The Balaban J connectivity index is 1.30. The lowest BCUT2D eigenvalue weighted by Gasteiger charge is -2.40. The van der Waals surface area contributed by atoms with Gasteiger partial charge in [-0.25, -0.2) is 14.2 Å². The van der Waals surface area contributed by atoms with E-state index in [1.54, 1.807) is 26.4 Å². The molecule has 0 radical (unpaired) electrons. The van der Waals surface area contributed by atoms with Crippen molar-refractivity contribution in [1.29, 1.82) is 0 Å². The molecule has 7 rings (SSSR count). The molecule has 1 aromatic heterocycles. The normalized spacial score (nSPS) is 21.8. The van der Waals surface area contributed by atoms with Crippen molar-refractivity contribution >= 4 is 19.4 Å². The molecule has 2 N–H and O–H groups in total. The van der Waals surface area contributed by atoms with Crippen LogP contribution < -0.4 is 25.2 Å². The molecule has 2 saturated heterocycles. The molecule has 2 bridgehead atoms. The van der Waals surface area contributed by atoms with E-state index < -0.39 is 48.7 Å². The van der Waals surface area contributed by atoms with Crippen LogP contribution in [0.3, 0.4) is 0 Å². The van der Waals surface area contributed by atoms with Crippen molar-refractivity contribution in [1.82, 2.24) is 9.55 Å². The van der Waals surface area contributed by atoms with Crippen molar-refractivity contribution in [3.05, 3.63) is 157 Å². The van der Waals surface area contributed by atoms with Crippen molar-refractivity contribution in [2.75, 3.05) is 27.4 Å². The fraction of sp³-hybridized carbons (Fsp3) is 0.263. The van der Waals surface area contributed by atoms with Crippen molar-refractivity contribution in [2.45, 2.75) is 36.6 Å². The Labute approximate surface area is 314 Å². The Hall–Kier alpha value is -4.76. The molecule has 0 amide bonds. The lowest BCUT2D eigenvalue weighted by Crippen LogP contribution is -2.49. The molecule has 2 aliphatic heterocycles. The summed E-state index contributed by atoms with van der Waals surface area (Å²) in [6.07, 6.45) is -2.22. The Morgan fingerprint density at radius 2 is 1.50 bits per heavy atom. The molecule has 2 fully saturated rings. The van der Waals surface area contributed by atoms with E-state index in [0.717, 1.165) is 21.3 Å². The number of para-hydroxylation sites is 1. The molecule has 5 atom stereocenters. The Morgan fingerprint density at radius 3 is 2.11 bits per heavy atom. The van der Waals surface area contributed by atoms with Gasteiger partial charge in [0.2, 0.25) is 0 Å². The Morgan fingerprint density at radius 1 is 0.907 bits per heavy atom. The number of hydrogen-bond acceptors (Lipinski definition) is 11. The van der Waals surface area contributed by atoms with E-state index in [1.165, 1.54) is 25.3 Å². The van der Waals surface area contributed by atoms with E-state index in [4.69, 9.17) is 49.4 Å². The van der Waals surface area contributed by atoms with Gasteiger partial charge in [-0.1, -0.05) is 78.3 Å². The zero-order valence-corrected chi connectivity index (χ0v) is 30.9. The highest BCUT2D eigenvalue weighted by Crippen LogP contribution is 2.52. The number of phosphoric ester groups is 1. The van der Waals surface area contributed by atoms with Crippen LogP contribution in [0.5, 0.6) is 17.2 Å². The van der Waals surface area contributed by atoms with Gasteiger partial charge in [0.25, 0.3) is 5.56 Å². The average molecular weight is 779 g/mol. The van der Waals surface area contributed by atoms with Crippen LogP contribution in [-0.4, -0.2) is 59.7 Å². The summed E-state index contributed by atoms with van der Waals surface area (Å²) >= 11 is 6.15. The topological polar surface area (TPSA) is 166 Å². The molecule has 3 heterocycles. The summed E-state index contributed by atoms with van der Waals surface area (Å²) < 4.78 is 55.5. The van der Waals surface area contributed by atoms with Crippen LogP contribution in [0.4, 0.5) is 0 Å². The van der Waals surface area contributed by atoms with E-state index in [1.807, 2.05) is 78.9 Å². The second-order valence-corrected chi connectivity index (χ2v) is 14.4. The first kappa shape index (κ1) is 37.6. The number of aromatic nitrogens is 2. The quantitative estimate of drug-likeness (QED) is 0.0614. The summed E-state index contributed by atoms with van der Waals surface area (Å²) in [5.74, 6) is 1.14. The number of aromatic amines is 1. The van der Waals surface area contributed by atoms with E-state index >= 15 is 0 Å². The van der Waals surface area contributed by atoms with E-state index in [9.17, 15) is 19.0 Å². The maximum Gasteiger partial charge on any atom is 0.555 e. The number of nitrogens with zero attached hydrogens (tertiary/aromatic N) is 1. The van der Waals surface area contributed by atoms with Gasteiger partial charge in [0.05, 0.1) is 32.5 Å². The van der Waals surface area contributed by atoms with Crippen LogP contribution in [-0.2, 0) is 33.9 Å². The highest BCUT2D eigenvalue weighted by atomic mass is 35.5. The van der Waals surface area contributed by atoms with E-state index in [2.05, 4.69) is 4.98 Å². The van der Waals surface area contributed by atoms with Crippen molar-refractivity contribution in [3.63, 3.8) is 0 Å². The maximum absolute atomic E-state index is 13.2. The molecule has 2 aliphatic rings. The second-order valence-electron chi connectivity index (χ2n) is 12.7. The van der Waals surface area contributed by atoms with Crippen LogP contribution in [0.1, 0.15) is 28.5 Å². The minimum atomic E-state index is -4.97. The third-order valence-corrected chi connectivity index (χ3v) is 10.4. The average Bonchev–Trinajstić information content (AvgIpc) is 3.69. The molecule has 4 aromatic carbocycles. The molecule has 0 spiro atoms. The van der Waals surface area contributed by atoms with Gasteiger partial charge in [0.1, 0.15) is 34.6 Å². The van der Waals surface area contributed by atoms with Crippen molar-refractivity contribution in [2.24, 2.45) is 0 Å². The zero-order chi connectivity index (χ0) is 38.1. The van der Waals surface area contributed by atoms with Crippen LogP contribution in [0, 0.1) is 6.92 Å². The summed E-state index contributed by atoms with van der Waals surface area (Å²) in [4.78, 5) is 44.1. The van der Waals surface area contributed by atoms with Crippen LogP contribution in [0.2, 0.25) is 5.02 Å². The largest absolute Gasteiger partial charge is 0.555 e. The standard InChI is InChI=1S/C38H36ClN2O12P/c1-24-21-41(36(43)40-34(24)42)35-32-33(51-53-54(44,45)52-31-12-8-7-11-30(31)39)37(50-35,22-48-32)23-49-38(25-9-5-4-6-10-25,26-13-17-28(46-2)18-14-26)27-15-19-29(47-3)20-16-27/h4-21,32-33,35H,22-23H2,1-3H3,(H,44,45)(H,40,42,43)/t32-,33+,35-,37-/m1/s1. The number of ether oxygens (including phenoxy) is 5. The fourth-order valence-electron chi connectivity index (χ4n) is 6.70. The number of aryl methyl sites for hydroxylation is 1. The van der Waals surface area contributed by atoms with Crippen molar-refractivity contribution < 1.29 is 47.2 Å². The number of methoxy groups -OCH3 is 2. The minimum absolute atomic E-state index is 0.0649.